The molecule has 11 heteroatoms. The van der Waals surface area contributed by atoms with Gasteiger partial charge in [-0.2, -0.15) is 0 Å². The summed E-state index contributed by atoms with van der Waals surface area (Å²) in [4.78, 5) is 27.8. The maximum absolute atomic E-state index is 12.1. The van der Waals surface area contributed by atoms with Crippen LogP contribution < -0.4 is 10.0 Å². The number of ether oxygens (including phenoxy) is 1. The Balaban J connectivity index is 1.79. The van der Waals surface area contributed by atoms with Crippen LogP contribution in [0.4, 0.5) is 5.69 Å². The number of sulfonamides is 1. The third-order valence-electron chi connectivity index (χ3n) is 3.77. The van der Waals surface area contributed by atoms with Gasteiger partial charge in [-0.1, -0.05) is 11.6 Å². The number of nitrogens with one attached hydrogen (secondary N) is 2. The van der Waals surface area contributed by atoms with Crippen LogP contribution in [0.15, 0.2) is 35.5 Å². The van der Waals surface area contributed by atoms with Crippen molar-refractivity contribution >= 4 is 39.2 Å². The van der Waals surface area contributed by atoms with Crippen LogP contribution in [0.1, 0.15) is 19.2 Å². The number of nitrogens with zero attached hydrogens (tertiary/aromatic N) is 2. The van der Waals surface area contributed by atoms with E-state index in [-0.39, 0.29) is 18.0 Å². The van der Waals surface area contributed by atoms with Crippen LogP contribution in [-0.2, 0) is 31.4 Å². The summed E-state index contributed by atoms with van der Waals surface area (Å²) in [6.07, 6.45) is 0.0983. The molecule has 0 saturated heterocycles. The number of aromatic nitrogens is 2. The maximum atomic E-state index is 12.1. The second-order valence-electron chi connectivity index (χ2n) is 6.01. The topological polar surface area (TPSA) is 119 Å². The summed E-state index contributed by atoms with van der Waals surface area (Å²) in [5, 5.41) is 2.99. The number of carbonyl (C=O) groups is 2. The van der Waals surface area contributed by atoms with Crippen LogP contribution >= 0.6 is 11.6 Å². The maximum Gasteiger partial charge on any atom is 0.307 e. The van der Waals surface area contributed by atoms with E-state index in [4.69, 9.17) is 16.3 Å². The normalized spacial score (nSPS) is 12.4. The van der Waals surface area contributed by atoms with E-state index in [0.717, 1.165) is 0 Å². The van der Waals surface area contributed by atoms with Gasteiger partial charge >= 0.3 is 5.97 Å². The SMILES string of the molecule is Cc1nc(S(=O)(=O)NCCC(=O)OC(C)C(=O)Nc2ccc(Cl)cc2)cn1C. The van der Waals surface area contributed by atoms with Crippen LogP contribution in [0.5, 0.6) is 0 Å². The summed E-state index contributed by atoms with van der Waals surface area (Å²) in [7, 11) is -2.15. The van der Waals surface area contributed by atoms with Crippen LogP contribution in [-0.4, -0.2) is 42.5 Å². The molecule has 0 aliphatic heterocycles. The van der Waals surface area contributed by atoms with E-state index in [9.17, 15) is 18.0 Å². The van der Waals surface area contributed by atoms with E-state index in [0.29, 0.717) is 16.5 Å². The highest BCUT2D eigenvalue weighted by atomic mass is 35.5. The van der Waals surface area contributed by atoms with E-state index in [1.165, 1.54) is 13.1 Å². The highest BCUT2D eigenvalue weighted by molar-refractivity contribution is 7.89. The highest BCUT2D eigenvalue weighted by Crippen LogP contribution is 2.14. The zero-order valence-corrected chi connectivity index (χ0v) is 17.2. The van der Waals surface area contributed by atoms with Gasteiger partial charge in [0, 0.05) is 30.5 Å². The minimum atomic E-state index is -3.83. The largest absolute Gasteiger partial charge is 0.452 e. The zero-order valence-electron chi connectivity index (χ0n) is 15.6. The lowest BCUT2D eigenvalue weighted by Gasteiger charge is -2.13. The standard InChI is InChI=1S/C17H21ClN4O5S/c1-11(17(24)21-14-6-4-13(18)5-7-14)27-16(23)8-9-19-28(25,26)15-10-22(3)12(2)20-15/h4-7,10-11,19H,8-9H2,1-3H3,(H,21,24). The molecule has 0 spiro atoms. The lowest BCUT2D eigenvalue weighted by atomic mass is 10.3. The van der Waals surface area contributed by atoms with Gasteiger partial charge in [-0.15, -0.1) is 0 Å². The van der Waals surface area contributed by atoms with E-state index in [1.807, 2.05) is 0 Å². The molecule has 2 aromatic rings. The van der Waals surface area contributed by atoms with Gasteiger partial charge in [0.1, 0.15) is 5.82 Å². The third kappa shape index (κ3) is 6.04. The fourth-order valence-corrected chi connectivity index (χ4v) is 3.30. The van der Waals surface area contributed by atoms with Crippen molar-refractivity contribution in [3.63, 3.8) is 0 Å². The van der Waals surface area contributed by atoms with Crippen molar-refractivity contribution in [3.8, 4) is 0 Å². The van der Waals surface area contributed by atoms with Crippen LogP contribution in [0, 0.1) is 6.92 Å². The fraction of sp³-hybridized carbons (Fsp3) is 0.353. The number of halogens is 1. The number of hydrogen-bond acceptors (Lipinski definition) is 6. The number of benzene rings is 1. The molecule has 1 aromatic carbocycles. The van der Waals surface area contributed by atoms with E-state index >= 15 is 0 Å². The number of aryl methyl sites for hydroxylation is 2. The number of rotatable bonds is 8. The quantitative estimate of drug-likeness (QED) is 0.616. The van der Waals surface area contributed by atoms with Crippen molar-refractivity contribution < 1.29 is 22.7 Å². The van der Waals surface area contributed by atoms with Crippen molar-refractivity contribution in [2.24, 2.45) is 7.05 Å². The van der Waals surface area contributed by atoms with E-state index in [1.54, 1.807) is 42.8 Å². The van der Waals surface area contributed by atoms with Gasteiger partial charge in [-0.25, -0.2) is 18.1 Å². The molecular weight excluding hydrogens is 408 g/mol. The van der Waals surface area contributed by atoms with Gasteiger partial charge in [0.2, 0.25) is 0 Å². The molecule has 1 amide bonds. The molecule has 0 saturated carbocycles. The average Bonchev–Trinajstić information content (AvgIpc) is 2.96. The molecule has 1 unspecified atom stereocenters. The van der Waals surface area contributed by atoms with Gasteiger partial charge in [0.25, 0.3) is 15.9 Å². The average molecular weight is 429 g/mol. The smallest absolute Gasteiger partial charge is 0.307 e. The molecule has 1 heterocycles. The molecule has 0 aliphatic rings. The molecule has 0 aliphatic carbocycles. The van der Waals surface area contributed by atoms with Crippen molar-refractivity contribution in [2.45, 2.75) is 31.4 Å². The molecule has 0 fully saturated rings. The highest BCUT2D eigenvalue weighted by Gasteiger charge is 2.21. The molecule has 152 valence electrons. The Morgan fingerprint density at radius 1 is 1.29 bits per heavy atom. The summed E-state index contributed by atoms with van der Waals surface area (Å²) in [5.41, 5.74) is 0.510. The molecule has 0 radical (unpaired) electrons. The number of carbonyl (C=O) groups excluding carboxylic acids is 2. The van der Waals surface area contributed by atoms with Crippen molar-refractivity contribution in [3.05, 3.63) is 41.3 Å². The summed E-state index contributed by atoms with van der Waals surface area (Å²) in [6.45, 7) is 2.92. The van der Waals surface area contributed by atoms with Crippen molar-refractivity contribution in [1.29, 1.82) is 0 Å². The second-order valence-corrected chi connectivity index (χ2v) is 8.16. The Morgan fingerprint density at radius 2 is 1.93 bits per heavy atom. The molecule has 2 N–H and O–H groups in total. The predicted octanol–water partition coefficient (Wildman–Crippen LogP) is 1.62. The van der Waals surface area contributed by atoms with Gasteiger partial charge < -0.3 is 14.6 Å². The van der Waals surface area contributed by atoms with Gasteiger partial charge in [-0.3, -0.25) is 9.59 Å². The van der Waals surface area contributed by atoms with Gasteiger partial charge in [0.15, 0.2) is 11.1 Å². The third-order valence-corrected chi connectivity index (χ3v) is 5.36. The molecular formula is C17H21ClN4O5S. The van der Waals surface area contributed by atoms with E-state index in [2.05, 4.69) is 15.0 Å². The summed E-state index contributed by atoms with van der Waals surface area (Å²) >= 11 is 5.77. The Bertz CT molecular complexity index is 937. The van der Waals surface area contributed by atoms with Crippen molar-refractivity contribution in [2.75, 3.05) is 11.9 Å². The van der Waals surface area contributed by atoms with Crippen LogP contribution in [0.3, 0.4) is 0 Å². The lowest BCUT2D eigenvalue weighted by molar-refractivity contribution is -0.152. The molecule has 1 aromatic heterocycles. The summed E-state index contributed by atoms with van der Waals surface area (Å²) < 4.78 is 33.1. The Morgan fingerprint density at radius 3 is 2.50 bits per heavy atom. The Hall–Kier alpha value is -2.43. The Labute approximate surface area is 168 Å². The summed E-state index contributed by atoms with van der Waals surface area (Å²) in [5.74, 6) is -0.681. The number of esters is 1. The van der Waals surface area contributed by atoms with Crippen LogP contribution in [0.2, 0.25) is 5.02 Å². The molecule has 9 nitrogen and oxygen atoms in total. The molecule has 28 heavy (non-hydrogen) atoms. The zero-order chi connectivity index (χ0) is 20.9. The van der Waals surface area contributed by atoms with E-state index < -0.39 is 28.0 Å². The minimum Gasteiger partial charge on any atom is -0.452 e. The number of imidazole rings is 1. The second kappa shape index (κ2) is 9.18. The fourth-order valence-electron chi connectivity index (χ4n) is 2.10. The minimum absolute atomic E-state index is 0.128. The van der Waals surface area contributed by atoms with Crippen LogP contribution in [0.25, 0.3) is 0 Å². The monoisotopic (exact) mass is 428 g/mol. The number of anilines is 1. The number of amides is 1. The van der Waals surface area contributed by atoms with Crippen molar-refractivity contribution in [1.82, 2.24) is 14.3 Å². The first-order valence-corrected chi connectivity index (χ1v) is 10.2. The molecule has 1 atom stereocenters. The molecule has 0 bridgehead atoms. The molecule has 2 rings (SSSR count). The van der Waals surface area contributed by atoms with Gasteiger partial charge in [-0.05, 0) is 38.1 Å². The Kier molecular flexibility index (Phi) is 7.17. The predicted molar refractivity (Wildman–Crippen MR) is 103 cm³/mol. The van der Waals surface area contributed by atoms with Gasteiger partial charge in [0.05, 0.1) is 6.42 Å². The summed E-state index contributed by atoms with van der Waals surface area (Å²) in [6, 6.07) is 6.46. The first kappa shape index (κ1) is 21.9. The first-order valence-electron chi connectivity index (χ1n) is 8.34. The number of hydrogen-bond donors (Lipinski definition) is 2. The lowest BCUT2D eigenvalue weighted by Crippen LogP contribution is -2.32. The first-order chi connectivity index (χ1) is 13.1.